The van der Waals surface area contributed by atoms with E-state index >= 15 is 0 Å². The molecule has 6 nitrogen and oxygen atoms in total. The van der Waals surface area contributed by atoms with Gasteiger partial charge in [0, 0.05) is 23.5 Å². The highest BCUT2D eigenvalue weighted by molar-refractivity contribution is 8.04. The molecular formula is C20H20ClFN4O2S. The molecule has 0 saturated heterocycles. The molecule has 2 aromatic heterocycles. The van der Waals surface area contributed by atoms with E-state index < -0.39 is 11.8 Å². The van der Waals surface area contributed by atoms with Gasteiger partial charge in [-0.3, -0.25) is 5.10 Å². The number of halogens is 2. The van der Waals surface area contributed by atoms with Gasteiger partial charge >= 0.3 is 5.97 Å². The first-order chi connectivity index (χ1) is 13.8. The number of aromatic nitrogens is 4. The Morgan fingerprint density at radius 3 is 2.79 bits per heavy atom. The SMILES string of the molecule is CCCc1nc(S/C(=C\c2cc(C)n(-c3ccc(F)c(Cl)c3)c2C)C(=O)O)n[nH]1. The van der Waals surface area contributed by atoms with Crippen molar-refractivity contribution in [1.29, 1.82) is 0 Å². The van der Waals surface area contributed by atoms with Crippen molar-refractivity contribution < 1.29 is 14.3 Å². The van der Waals surface area contributed by atoms with Crippen LogP contribution in [0, 0.1) is 19.7 Å². The number of carboxylic acids is 1. The van der Waals surface area contributed by atoms with E-state index in [1.165, 1.54) is 6.07 Å². The van der Waals surface area contributed by atoms with Crippen molar-refractivity contribution in [3.8, 4) is 5.69 Å². The van der Waals surface area contributed by atoms with Gasteiger partial charge in [-0.05, 0) is 67.9 Å². The zero-order valence-electron chi connectivity index (χ0n) is 16.2. The van der Waals surface area contributed by atoms with Crippen molar-refractivity contribution in [3.63, 3.8) is 0 Å². The lowest BCUT2D eigenvalue weighted by molar-refractivity contribution is -0.131. The molecule has 0 unspecified atom stereocenters. The molecule has 29 heavy (non-hydrogen) atoms. The van der Waals surface area contributed by atoms with Crippen molar-refractivity contribution in [2.45, 2.75) is 38.8 Å². The fourth-order valence-corrected chi connectivity index (χ4v) is 3.89. The number of thioether (sulfide) groups is 1. The Morgan fingerprint density at radius 1 is 1.38 bits per heavy atom. The molecule has 2 heterocycles. The maximum absolute atomic E-state index is 13.5. The van der Waals surface area contributed by atoms with E-state index in [0.717, 1.165) is 47.4 Å². The first kappa shape index (κ1) is 21.1. The normalized spacial score (nSPS) is 11.8. The number of aliphatic carboxylic acids is 1. The molecule has 1 aromatic carbocycles. The number of carboxylic acid groups (broad SMARTS) is 1. The highest BCUT2D eigenvalue weighted by Gasteiger charge is 2.17. The Labute approximate surface area is 176 Å². The summed E-state index contributed by atoms with van der Waals surface area (Å²) in [5.74, 6) is -0.825. The number of nitrogens with one attached hydrogen (secondary N) is 1. The van der Waals surface area contributed by atoms with Crippen LogP contribution in [0.5, 0.6) is 0 Å². The van der Waals surface area contributed by atoms with E-state index in [0.29, 0.717) is 10.8 Å². The van der Waals surface area contributed by atoms with E-state index in [1.807, 2.05) is 31.4 Å². The molecule has 9 heteroatoms. The number of aryl methyl sites for hydroxylation is 2. The Kier molecular flexibility index (Phi) is 6.44. The maximum Gasteiger partial charge on any atom is 0.342 e. The lowest BCUT2D eigenvalue weighted by Crippen LogP contribution is -2.00. The molecule has 0 amide bonds. The van der Waals surface area contributed by atoms with Crippen molar-refractivity contribution in [2.75, 3.05) is 0 Å². The summed E-state index contributed by atoms with van der Waals surface area (Å²) in [5.41, 5.74) is 3.12. The molecule has 0 fully saturated rings. The molecular weight excluding hydrogens is 415 g/mol. The summed E-state index contributed by atoms with van der Waals surface area (Å²) in [6.45, 7) is 5.79. The quantitative estimate of drug-likeness (QED) is 0.395. The Morgan fingerprint density at radius 2 is 2.14 bits per heavy atom. The van der Waals surface area contributed by atoms with Crippen LogP contribution in [0.4, 0.5) is 4.39 Å². The van der Waals surface area contributed by atoms with E-state index in [2.05, 4.69) is 15.2 Å². The van der Waals surface area contributed by atoms with E-state index in [4.69, 9.17) is 11.6 Å². The average molecular weight is 435 g/mol. The van der Waals surface area contributed by atoms with Gasteiger partial charge in [-0.1, -0.05) is 18.5 Å². The second-order valence-corrected chi connectivity index (χ2v) is 7.91. The zero-order chi connectivity index (χ0) is 21.1. The number of carbonyl (C=O) groups is 1. The molecule has 0 radical (unpaired) electrons. The summed E-state index contributed by atoms with van der Waals surface area (Å²) in [7, 11) is 0. The maximum atomic E-state index is 13.5. The second kappa shape index (κ2) is 8.84. The van der Waals surface area contributed by atoms with Gasteiger partial charge in [-0.25, -0.2) is 14.2 Å². The van der Waals surface area contributed by atoms with Crippen LogP contribution in [0.3, 0.4) is 0 Å². The van der Waals surface area contributed by atoms with Gasteiger partial charge in [-0.2, -0.15) is 0 Å². The van der Waals surface area contributed by atoms with Crippen molar-refractivity contribution in [3.05, 3.63) is 62.8 Å². The predicted octanol–water partition coefficient (Wildman–Crippen LogP) is 5.18. The fourth-order valence-electron chi connectivity index (χ4n) is 3.00. The number of aromatic amines is 1. The molecule has 152 valence electrons. The predicted molar refractivity (Wildman–Crippen MR) is 112 cm³/mol. The zero-order valence-corrected chi connectivity index (χ0v) is 17.7. The van der Waals surface area contributed by atoms with Crippen LogP contribution >= 0.6 is 23.4 Å². The van der Waals surface area contributed by atoms with Crippen molar-refractivity contribution in [2.24, 2.45) is 0 Å². The molecule has 0 atom stereocenters. The van der Waals surface area contributed by atoms with Crippen molar-refractivity contribution in [1.82, 2.24) is 19.7 Å². The topological polar surface area (TPSA) is 83.8 Å². The number of rotatable bonds is 7. The van der Waals surface area contributed by atoms with Crippen LogP contribution in [0.2, 0.25) is 5.02 Å². The minimum absolute atomic E-state index is 0.0290. The van der Waals surface area contributed by atoms with Gasteiger partial charge in [0.1, 0.15) is 16.5 Å². The van der Waals surface area contributed by atoms with Crippen LogP contribution in [0.1, 0.15) is 36.1 Å². The molecule has 0 aliphatic carbocycles. The van der Waals surface area contributed by atoms with Crippen LogP contribution in [0.15, 0.2) is 34.3 Å². The Balaban J connectivity index is 1.96. The average Bonchev–Trinajstić information content (AvgIpc) is 3.21. The van der Waals surface area contributed by atoms with Crippen LogP contribution in [0.25, 0.3) is 11.8 Å². The summed E-state index contributed by atoms with van der Waals surface area (Å²) in [4.78, 5) is 16.2. The highest BCUT2D eigenvalue weighted by atomic mass is 35.5. The minimum atomic E-state index is -1.06. The van der Waals surface area contributed by atoms with Gasteiger partial charge in [0.25, 0.3) is 0 Å². The standard InChI is InChI=1S/C20H20ClFN4O2S/c1-4-5-18-23-20(25-24-18)29-17(19(27)28)9-13-8-11(2)26(12(13)3)14-6-7-16(22)15(21)10-14/h6-10H,4-5H2,1-3H3,(H,27,28)(H,23,24,25)/b17-9-. The third-order valence-corrected chi connectivity index (χ3v) is 5.50. The van der Waals surface area contributed by atoms with E-state index in [9.17, 15) is 14.3 Å². The first-order valence-corrected chi connectivity index (χ1v) is 10.2. The number of hydrogen-bond acceptors (Lipinski definition) is 4. The first-order valence-electron chi connectivity index (χ1n) is 8.98. The lowest BCUT2D eigenvalue weighted by Gasteiger charge is -2.10. The van der Waals surface area contributed by atoms with Crippen LogP contribution < -0.4 is 0 Å². The summed E-state index contributed by atoms with van der Waals surface area (Å²) >= 11 is 6.91. The summed E-state index contributed by atoms with van der Waals surface area (Å²) in [6, 6.07) is 6.35. The van der Waals surface area contributed by atoms with Gasteiger partial charge in [0.05, 0.1) is 5.02 Å². The molecule has 3 aromatic rings. The summed E-state index contributed by atoms with van der Waals surface area (Å²) < 4.78 is 15.4. The fraction of sp³-hybridized carbons (Fsp3) is 0.250. The molecule has 0 spiro atoms. The van der Waals surface area contributed by atoms with E-state index in [1.54, 1.807) is 18.2 Å². The number of hydrogen-bond donors (Lipinski definition) is 2. The van der Waals surface area contributed by atoms with Gasteiger partial charge in [0.2, 0.25) is 5.16 Å². The van der Waals surface area contributed by atoms with E-state index in [-0.39, 0.29) is 9.93 Å². The Hall–Kier alpha value is -2.58. The minimum Gasteiger partial charge on any atom is -0.477 e. The lowest BCUT2D eigenvalue weighted by atomic mass is 10.2. The summed E-state index contributed by atoms with van der Waals surface area (Å²) in [6.07, 6.45) is 3.26. The van der Waals surface area contributed by atoms with Gasteiger partial charge in [0.15, 0.2) is 0 Å². The van der Waals surface area contributed by atoms with Gasteiger partial charge < -0.3 is 9.67 Å². The number of nitrogens with zero attached hydrogens (tertiary/aromatic N) is 3. The molecule has 3 rings (SSSR count). The molecule has 2 N–H and O–H groups in total. The number of benzene rings is 1. The smallest absolute Gasteiger partial charge is 0.342 e. The third-order valence-electron chi connectivity index (χ3n) is 4.33. The second-order valence-electron chi connectivity index (χ2n) is 6.49. The highest BCUT2D eigenvalue weighted by Crippen LogP contribution is 2.30. The van der Waals surface area contributed by atoms with Gasteiger partial charge in [-0.15, -0.1) is 5.10 Å². The molecule has 0 aliphatic heterocycles. The largest absolute Gasteiger partial charge is 0.477 e. The summed E-state index contributed by atoms with van der Waals surface area (Å²) in [5, 5.41) is 16.9. The Bertz CT molecular complexity index is 1090. The van der Waals surface area contributed by atoms with Crippen molar-refractivity contribution >= 4 is 35.4 Å². The van der Waals surface area contributed by atoms with Crippen LogP contribution in [-0.2, 0) is 11.2 Å². The molecule has 0 saturated carbocycles. The monoisotopic (exact) mass is 434 g/mol. The molecule has 0 aliphatic rings. The third kappa shape index (κ3) is 4.71. The molecule has 0 bridgehead atoms. The van der Waals surface area contributed by atoms with Crippen LogP contribution in [-0.4, -0.2) is 30.8 Å². The number of H-pyrrole nitrogens is 1.